The summed E-state index contributed by atoms with van der Waals surface area (Å²) < 4.78 is 26.0. The minimum absolute atomic E-state index is 0.177. The molecule has 0 unspecified atom stereocenters. The number of amides is 2. The molecule has 0 spiro atoms. The standard InChI is InChI=1S/C18H22F2N6O/c1-12-10-16(26-8-2-3-9-26)25-17(23-12)21-6-7-22-18(27)24-13-4-5-14(19)15(20)11-13/h4-5,10-11H,2-3,6-9H2,1H3,(H,21,23,25)(H2,22,24,27). The van der Waals surface area contributed by atoms with Gasteiger partial charge in [0.1, 0.15) is 5.82 Å². The van der Waals surface area contributed by atoms with Gasteiger partial charge >= 0.3 is 6.03 Å². The highest BCUT2D eigenvalue weighted by molar-refractivity contribution is 5.89. The quantitative estimate of drug-likeness (QED) is 0.676. The van der Waals surface area contributed by atoms with Gasteiger partial charge in [-0.15, -0.1) is 0 Å². The van der Waals surface area contributed by atoms with Crippen molar-refractivity contribution in [2.24, 2.45) is 0 Å². The van der Waals surface area contributed by atoms with Gasteiger partial charge < -0.3 is 20.9 Å². The van der Waals surface area contributed by atoms with E-state index in [2.05, 4.69) is 30.8 Å². The van der Waals surface area contributed by atoms with Gasteiger partial charge in [-0.25, -0.2) is 18.6 Å². The maximum Gasteiger partial charge on any atom is 0.319 e. The Bertz CT molecular complexity index is 810. The number of carbonyl (C=O) groups is 1. The molecule has 1 aromatic heterocycles. The molecule has 1 saturated heterocycles. The van der Waals surface area contributed by atoms with E-state index < -0.39 is 17.7 Å². The molecular formula is C18H22F2N6O. The van der Waals surface area contributed by atoms with Crippen molar-refractivity contribution in [3.05, 3.63) is 41.6 Å². The van der Waals surface area contributed by atoms with Gasteiger partial charge in [0.25, 0.3) is 0 Å². The molecule has 0 saturated carbocycles. The number of aryl methyl sites for hydroxylation is 1. The van der Waals surface area contributed by atoms with Crippen LogP contribution in [0.2, 0.25) is 0 Å². The van der Waals surface area contributed by atoms with Crippen molar-refractivity contribution in [1.29, 1.82) is 0 Å². The van der Waals surface area contributed by atoms with Crippen LogP contribution >= 0.6 is 0 Å². The zero-order chi connectivity index (χ0) is 19.2. The number of urea groups is 1. The molecule has 0 bridgehead atoms. The lowest BCUT2D eigenvalue weighted by atomic mass is 10.3. The summed E-state index contributed by atoms with van der Waals surface area (Å²) in [5.41, 5.74) is 1.05. The highest BCUT2D eigenvalue weighted by Crippen LogP contribution is 2.19. The molecule has 3 rings (SSSR count). The van der Waals surface area contributed by atoms with Crippen LogP contribution in [0.4, 0.5) is 31.0 Å². The predicted octanol–water partition coefficient (Wildman–Crippen LogP) is 2.90. The van der Waals surface area contributed by atoms with E-state index in [1.807, 2.05) is 13.0 Å². The van der Waals surface area contributed by atoms with Crippen molar-refractivity contribution in [1.82, 2.24) is 15.3 Å². The Morgan fingerprint density at radius 2 is 1.89 bits per heavy atom. The summed E-state index contributed by atoms with van der Waals surface area (Å²) in [4.78, 5) is 22.9. The number of hydrogen-bond donors (Lipinski definition) is 3. The van der Waals surface area contributed by atoms with Crippen LogP contribution in [0, 0.1) is 18.6 Å². The molecule has 2 heterocycles. The Hall–Kier alpha value is -2.97. The van der Waals surface area contributed by atoms with Crippen LogP contribution in [0.5, 0.6) is 0 Å². The summed E-state index contributed by atoms with van der Waals surface area (Å²) in [6, 6.07) is 4.62. The number of rotatable bonds is 6. The maximum absolute atomic E-state index is 13.1. The monoisotopic (exact) mass is 376 g/mol. The molecule has 1 aliphatic rings. The number of aromatic nitrogens is 2. The van der Waals surface area contributed by atoms with E-state index in [1.54, 1.807) is 0 Å². The Morgan fingerprint density at radius 1 is 1.11 bits per heavy atom. The third kappa shape index (κ3) is 5.25. The van der Waals surface area contributed by atoms with Crippen molar-refractivity contribution in [3.8, 4) is 0 Å². The van der Waals surface area contributed by atoms with Crippen molar-refractivity contribution in [2.45, 2.75) is 19.8 Å². The van der Waals surface area contributed by atoms with Crippen molar-refractivity contribution >= 4 is 23.5 Å². The van der Waals surface area contributed by atoms with Crippen LogP contribution < -0.4 is 20.9 Å². The second-order valence-corrected chi connectivity index (χ2v) is 6.32. The van der Waals surface area contributed by atoms with E-state index in [0.29, 0.717) is 19.0 Å². The summed E-state index contributed by atoms with van der Waals surface area (Å²) >= 11 is 0. The lowest BCUT2D eigenvalue weighted by Crippen LogP contribution is -2.33. The lowest BCUT2D eigenvalue weighted by Gasteiger charge is -2.17. The maximum atomic E-state index is 13.1. The molecule has 1 aliphatic heterocycles. The Labute approximate surface area is 156 Å². The Morgan fingerprint density at radius 3 is 2.63 bits per heavy atom. The zero-order valence-corrected chi connectivity index (χ0v) is 15.1. The summed E-state index contributed by atoms with van der Waals surface area (Å²) in [7, 11) is 0. The fourth-order valence-electron chi connectivity index (χ4n) is 2.84. The van der Waals surface area contributed by atoms with E-state index in [4.69, 9.17) is 0 Å². The third-order valence-electron chi connectivity index (χ3n) is 4.14. The topological polar surface area (TPSA) is 82.2 Å². The second-order valence-electron chi connectivity index (χ2n) is 6.32. The minimum Gasteiger partial charge on any atom is -0.356 e. The largest absolute Gasteiger partial charge is 0.356 e. The molecule has 2 amide bonds. The number of benzene rings is 1. The average Bonchev–Trinajstić information content (AvgIpc) is 3.16. The first kappa shape index (κ1) is 18.8. The molecular weight excluding hydrogens is 354 g/mol. The molecule has 3 N–H and O–H groups in total. The number of anilines is 3. The van der Waals surface area contributed by atoms with Gasteiger partial charge in [0.2, 0.25) is 5.95 Å². The molecule has 0 radical (unpaired) electrons. The van der Waals surface area contributed by atoms with Gasteiger partial charge in [-0.1, -0.05) is 0 Å². The van der Waals surface area contributed by atoms with E-state index >= 15 is 0 Å². The smallest absolute Gasteiger partial charge is 0.319 e. The van der Waals surface area contributed by atoms with E-state index in [1.165, 1.54) is 18.9 Å². The molecule has 9 heteroatoms. The van der Waals surface area contributed by atoms with Gasteiger partial charge in [0, 0.05) is 49.7 Å². The average molecular weight is 376 g/mol. The van der Waals surface area contributed by atoms with Gasteiger partial charge in [0.05, 0.1) is 0 Å². The van der Waals surface area contributed by atoms with Crippen molar-refractivity contribution in [2.75, 3.05) is 41.7 Å². The lowest BCUT2D eigenvalue weighted by molar-refractivity contribution is 0.252. The highest BCUT2D eigenvalue weighted by Gasteiger charge is 2.15. The van der Waals surface area contributed by atoms with Crippen LogP contribution in [0.3, 0.4) is 0 Å². The van der Waals surface area contributed by atoms with Gasteiger partial charge in [-0.2, -0.15) is 4.98 Å². The first-order valence-electron chi connectivity index (χ1n) is 8.86. The van der Waals surface area contributed by atoms with Crippen LogP contribution in [0.15, 0.2) is 24.3 Å². The van der Waals surface area contributed by atoms with Crippen LogP contribution in [-0.2, 0) is 0 Å². The number of halogens is 2. The summed E-state index contributed by atoms with van der Waals surface area (Å²) in [5, 5.41) is 8.15. The third-order valence-corrected chi connectivity index (χ3v) is 4.14. The van der Waals surface area contributed by atoms with Crippen molar-refractivity contribution < 1.29 is 13.6 Å². The summed E-state index contributed by atoms with van der Waals surface area (Å²) in [6.07, 6.45) is 2.34. The fourth-order valence-corrected chi connectivity index (χ4v) is 2.84. The minimum atomic E-state index is -1.01. The molecule has 0 aliphatic carbocycles. The van der Waals surface area contributed by atoms with E-state index in [9.17, 15) is 13.6 Å². The molecule has 1 aromatic carbocycles. The zero-order valence-electron chi connectivity index (χ0n) is 15.1. The Balaban J connectivity index is 1.45. The van der Waals surface area contributed by atoms with Crippen molar-refractivity contribution in [3.63, 3.8) is 0 Å². The molecule has 144 valence electrons. The van der Waals surface area contributed by atoms with Crippen LogP contribution in [0.25, 0.3) is 0 Å². The fraction of sp³-hybridized carbons (Fsp3) is 0.389. The highest BCUT2D eigenvalue weighted by atomic mass is 19.2. The van der Waals surface area contributed by atoms with E-state index in [-0.39, 0.29) is 5.69 Å². The molecule has 1 fully saturated rings. The summed E-state index contributed by atoms with van der Waals surface area (Å²) in [6.45, 7) is 4.66. The van der Waals surface area contributed by atoms with Crippen LogP contribution in [-0.4, -0.2) is 42.2 Å². The number of hydrogen-bond acceptors (Lipinski definition) is 5. The summed E-state index contributed by atoms with van der Waals surface area (Å²) in [5.74, 6) is -0.553. The molecule has 7 nitrogen and oxygen atoms in total. The SMILES string of the molecule is Cc1cc(N2CCCC2)nc(NCCNC(=O)Nc2ccc(F)c(F)c2)n1. The molecule has 0 atom stereocenters. The number of nitrogens with one attached hydrogen (secondary N) is 3. The van der Waals surface area contributed by atoms with E-state index in [0.717, 1.165) is 36.7 Å². The number of carbonyl (C=O) groups excluding carboxylic acids is 1. The first-order valence-corrected chi connectivity index (χ1v) is 8.86. The van der Waals surface area contributed by atoms with Gasteiger partial charge in [0.15, 0.2) is 11.6 Å². The molecule has 27 heavy (non-hydrogen) atoms. The number of nitrogens with zero attached hydrogens (tertiary/aromatic N) is 3. The molecule has 2 aromatic rings. The second kappa shape index (κ2) is 8.61. The van der Waals surface area contributed by atoms with Crippen LogP contribution in [0.1, 0.15) is 18.5 Å². The van der Waals surface area contributed by atoms with Gasteiger partial charge in [-0.05, 0) is 31.9 Å². The predicted molar refractivity (Wildman–Crippen MR) is 100 cm³/mol. The Kier molecular flexibility index (Phi) is 6.00. The first-order chi connectivity index (χ1) is 13.0. The normalized spacial score (nSPS) is 13.5. The van der Waals surface area contributed by atoms with Gasteiger partial charge in [-0.3, -0.25) is 0 Å².